The molecule has 6 nitrogen and oxygen atoms in total. The van der Waals surface area contributed by atoms with E-state index >= 15 is 0 Å². The van der Waals surface area contributed by atoms with Crippen LogP contribution in [0.3, 0.4) is 0 Å². The van der Waals surface area contributed by atoms with E-state index in [0.29, 0.717) is 0 Å². The molecule has 2 rings (SSSR count). The van der Waals surface area contributed by atoms with E-state index in [2.05, 4.69) is 16.0 Å². The van der Waals surface area contributed by atoms with Gasteiger partial charge in [-0.3, -0.25) is 10.1 Å². The van der Waals surface area contributed by atoms with E-state index < -0.39 is 6.03 Å². The molecule has 1 fully saturated rings. The van der Waals surface area contributed by atoms with E-state index in [1.54, 1.807) is 13.2 Å². The third kappa shape index (κ3) is 4.89. The lowest BCUT2D eigenvalue weighted by molar-refractivity contribution is -0.124. The average Bonchev–Trinajstić information content (AvgIpc) is 2.56. The fraction of sp³-hybridized carbons (Fsp3) is 0.375. The topological polar surface area (TPSA) is 79.5 Å². The summed E-state index contributed by atoms with van der Waals surface area (Å²) in [6.07, 6.45) is 4.78. The maximum Gasteiger partial charge on any atom is 0.325 e. The Hall–Kier alpha value is -2.34. The Morgan fingerprint density at radius 3 is 2.55 bits per heavy atom. The Labute approximate surface area is 129 Å². The van der Waals surface area contributed by atoms with Gasteiger partial charge in [-0.15, -0.1) is 0 Å². The molecular weight excluding hydrogens is 282 g/mol. The SMILES string of the molecule is COc1ccc(/C=C/NC(=O)NC(=O)C2CCNCC2)cc1. The molecule has 1 aromatic carbocycles. The number of nitrogens with one attached hydrogen (secondary N) is 3. The molecule has 3 amide bonds. The Morgan fingerprint density at radius 1 is 1.23 bits per heavy atom. The van der Waals surface area contributed by atoms with E-state index in [-0.39, 0.29) is 11.8 Å². The van der Waals surface area contributed by atoms with Crippen molar-refractivity contribution in [3.05, 3.63) is 36.0 Å². The van der Waals surface area contributed by atoms with Crippen LogP contribution in [0.4, 0.5) is 4.79 Å². The van der Waals surface area contributed by atoms with Crippen molar-refractivity contribution in [2.75, 3.05) is 20.2 Å². The van der Waals surface area contributed by atoms with Crippen molar-refractivity contribution in [2.24, 2.45) is 5.92 Å². The summed E-state index contributed by atoms with van der Waals surface area (Å²) in [7, 11) is 1.61. The number of urea groups is 1. The number of methoxy groups -OCH3 is 1. The standard InChI is InChI=1S/C16H21N3O3/c1-22-14-4-2-12(3-5-14)6-11-18-16(21)19-15(20)13-7-9-17-10-8-13/h2-6,11,13,17H,7-10H2,1H3,(H2,18,19,20,21)/b11-6+. The zero-order valence-electron chi connectivity index (χ0n) is 12.6. The second-order valence-electron chi connectivity index (χ2n) is 5.09. The van der Waals surface area contributed by atoms with Gasteiger partial charge in [0.1, 0.15) is 5.75 Å². The molecule has 22 heavy (non-hydrogen) atoms. The number of hydrogen-bond donors (Lipinski definition) is 3. The summed E-state index contributed by atoms with van der Waals surface area (Å²) in [5.74, 6) is 0.477. The van der Waals surface area contributed by atoms with Crippen molar-refractivity contribution in [3.8, 4) is 5.75 Å². The minimum absolute atomic E-state index is 0.0856. The predicted octanol–water partition coefficient (Wildman–Crippen LogP) is 1.49. The van der Waals surface area contributed by atoms with Crippen molar-refractivity contribution in [2.45, 2.75) is 12.8 Å². The quantitative estimate of drug-likeness (QED) is 0.787. The number of imide groups is 1. The number of benzene rings is 1. The second kappa shape index (κ2) is 8.19. The number of ether oxygens (including phenoxy) is 1. The molecule has 1 aliphatic rings. The number of rotatable bonds is 4. The molecule has 0 unspecified atom stereocenters. The van der Waals surface area contributed by atoms with Crippen LogP contribution < -0.4 is 20.7 Å². The third-order valence-corrected chi connectivity index (χ3v) is 3.55. The van der Waals surface area contributed by atoms with Gasteiger partial charge in [-0.1, -0.05) is 12.1 Å². The maximum absolute atomic E-state index is 11.9. The van der Waals surface area contributed by atoms with Crippen LogP contribution in [-0.4, -0.2) is 32.1 Å². The third-order valence-electron chi connectivity index (χ3n) is 3.55. The largest absolute Gasteiger partial charge is 0.497 e. The van der Waals surface area contributed by atoms with Gasteiger partial charge < -0.3 is 15.4 Å². The van der Waals surface area contributed by atoms with E-state index in [1.165, 1.54) is 6.20 Å². The van der Waals surface area contributed by atoms with Crippen LogP contribution in [-0.2, 0) is 4.79 Å². The Balaban J connectivity index is 1.76. The molecule has 1 aliphatic heterocycles. The smallest absolute Gasteiger partial charge is 0.325 e. The first kappa shape index (κ1) is 16.0. The summed E-state index contributed by atoms with van der Waals surface area (Å²) in [6.45, 7) is 1.63. The first-order valence-corrected chi connectivity index (χ1v) is 7.31. The van der Waals surface area contributed by atoms with Crippen LogP contribution in [0.1, 0.15) is 18.4 Å². The highest BCUT2D eigenvalue weighted by Crippen LogP contribution is 2.12. The van der Waals surface area contributed by atoms with Gasteiger partial charge in [0.25, 0.3) is 0 Å². The Bertz CT molecular complexity index is 534. The van der Waals surface area contributed by atoms with Gasteiger partial charge >= 0.3 is 6.03 Å². The van der Waals surface area contributed by atoms with Gasteiger partial charge in [0.2, 0.25) is 5.91 Å². The lowest BCUT2D eigenvalue weighted by atomic mass is 9.97. The van der Waals surface area contributed by atoms with E-state index in [9.17, 15) is 9.59 Å². The van der Waals surface area contributed by atoms with Gasteiger partial charge in [0.15, 0.2) is 0 Å². The number of amides is 3. The maximum atomic E-state index is 11.9. The molecule has 1 saturated heterocycles. The molecule has 1 aromatic rings. The van der Waals surface area contributed by atoms with Crippen LogP contribution in [0.15, 0.2) is 30.5 Å². The van der Waals surface area contributed by atoms with Crippen LogP contribution in [0.5, 0.6) is 5.75 Å². The molecule has 0 bridgehead atoms. The van der Waals surface area contributed by atoms with Gasteiger partial charge in [0.05, 0.1) is 7.11 Å². The molecule has 0 radical (unpaired) electrons. The van der Waals surface area contributed by atoms with Crippen LogP contribution in [0.25, 0.3) is 6.08 Å². The summed E-state index contributed by atoms with van der Waals surface area (Å²) in [4.78, 5) is 23.5. The minimum atomic E-state index is -0.506. The molecule has 0 saturated carbocycles. The molecule has 0 atom stereocenters. The number of carbonyl (C=O) groups excluding carboxylic acids is 2. The van der Waals surface area contributed by atoms with E-state index in [1.807, 2.05) is 24.3 Å². The normalized spacial score (nSPS) is 15.5. The van der Waals surface area contributed by atoms with Crippen molar-refractivity contribution >= 4 is 18.0 Å². The lowest BCUT2D eigenvalue weighted by Crippen LogP contribution is -2.43. The number of carbonyl (C=O) groups is 2. The molecule has 1 heterocycles. The fourth-order valence-corrected chi connectivity index (χ4v) is 2.26. The number of hydrogen-bond acceptors (Lipinski definition) is 4. The van der Waals surface area contributed by atoms with Crippen molar-refractivity contribution in [3.63, 3.8) is 0 Å². The van der Waals surface area contributed by atoms with Crippen molar-refractivity contribution in [1.82, 2.24) is 16.0 Å². The molecule has 6 heteroatoms. The predicted molar refractivity (Wildman–Crippen MR) is 84.3 cm³/mol. The summed E-state index contributed by atoms with van der Waals surface area (Å²) in [5, 5.41) is 8.08. The van der Waals surface area contributed by atoms with Gasteiger partial charge in [-0.25, -0.2) is 4.79 Å². The first-order chi connectivity index (χ1) is 10.7. The van der Waals surface area contributed by atoms with E-state index in [4.69, 9.17) is 4.74 Å². The van der Waals surface area contributed by atoms with Crippen LogP contribution in [0, 0.1) is 5.92 Å². The van der Waals surface area contributed by atoms with E-state index in [0.717, 1.165) is 37.2 Å². The first-order valence-electron chi connectivity index (χ1n) is 7.31. The molecule has 118 valence electrons. The van der Waals surface area contributed by atoms with Gasteiger partial charge in [-0.05, 0) is 49.7 Å². The highest BCUT2D eigenvalue weighted by atomic mass is 16.5. The summed E-state index contributed by atoms with van der Waals surface area (Å²) < 4.78 is 5.07. The zero-order valence-corrected chi connectivity index (χ0v) is 12.6. The zero-order chi connectivity index (χ0) is 15.8. The van der Waals surface area contributed by atoms with Crippen molar-refractivity contribution < 1.29 is 14.3 Å². The molecule has 0 aromatic heterocycles. The van der Waals surface area contributed by atoms with Crippen LogP contribution >= 0.6 is 0 Å². The van der Waals surface area contributed by atoms with Crippen molar-refractivity contribution in [1.29, 1.82) is 0 Å². The highest BCUT2D eigenvalue weighted by molar-refractivity contribution is 5.96. The molecule has 0 aliphatic carbocycles. The highest BCUT2D eigenvalue weighted by Gasteiger charge is 2.21. The summed E-state index contributed by atoms with van der Waals surface area (Å²) in [5.41, 5.74) is 0.922. The van der Waals surface area contributed by atoms with Crippen LogP contribution in [0.2, 0.25) is 0 Å². The molecule has 0 spiro atoms. The lowest BCUT2D eigenvalue weighted by Gasteiger charge is -2.21. The molecular formula is C16H21N3O3. The summed E-state index contributed by atoms with van der Waals surface area (Å²) in [6, 6.07) is 6.90. The fourth-order valence-electron chi connectivity index (χ4n) is 2.26. The monoisotopic (exact) mass is 303 g/mol. The minimum Gasteiger partial charge on any atom is -0.497 e. The Kier molecular flexibility index (Phi) is 5.97. The summed E-state index contributed by atoms with van der Waals surface area (Å²) >= 11 is 0. The molecule has 3 N–H and O–H groups in total. The Morgan fingerprint density at radius 2 is 1.91 bits per heavy atom. The van der Waals surface area contributed by atoms with Gasteiger partial charge in [0, 0.05) is 12.1 Å². The average molecular weight is 303 g/mol. The number of piperidine rings is 1. The second-order valence-corrected chi connectivity index (χ2v) is 5.09. The van der Waals surface area contributed by atoms with Gasteiger partial charge in [-0.2, -0.15) is 0 Å².